The maximum Gasteiger partial charge on any atom is 0.433 e. The first-order valence-electron chi connectivity index (χ1n) is 11.1. The number of halogens is 3. The molecule has 198 valence electrons. The van der Waals surface area contributed by atoms with E-state index in [1.54, 1.807) is 37.5 Å². The molecule has 1 atom stereocenters. The highest BCUT2D eigenvalue weighted by Gasteiger charge is 2.48. The first-order valence-corrected chi connectivity index (χ1v) is 13.6. The highest BCUT2D eigenvalue weighted by atomic mass is 32.2. The number of hydroxylamine groups is 1. The van der Waals surface area contributed by atoms with Gasteiger partial charge in [-0.1, -0.05) is 30.3 Å². The topological polar surface area (TPSA) is 109 Å². The number of sulfonamides is 1. The summed E-state index contributed by atoms with van der Waals surface area (Å²) in [6, 6.07) is 11.7. The second-order valence-electron chi connectivity index (χ2n) is 8.86. The summed E-state index contributed by atoms with van der Waals surface area (Å²) in [7, 11) is -4.32. The molecule has 0 radical (unpaired) electrons. The average Bonchev–Trinajstić information content (AvgIpc) is 2.85. The molecule has 0 spiro atoms. The Bertz CT molecular complexity index is 1430. The van der Waals surface area contributed by atoms with Gasteiger partial charge in [-0.05, 0) is 38.1 Å². The van der Waals surface area contributed by atoms with Gasteiger partial charge >= 0.3 is 6.18 Å². The van der Waals surface area contributed by atoms with Crippen molar-refractivity contribution >= 4 is 38.6 Å². The van der Waals surface area contributed by atoms with Gasteiger partial charge in [0.05, 0.1) is 5.52 Å². The fourth-order valence-corrected chi connectivity index (χ4v) is 7.54. The van der Waals surface area contributed by atoms with E-state index < -0.39 is 38.6 Å². The van der Waals surface area contributed by atoms with E-state index in [-0.39, 0.29) is 34.9 Å². The van der Waals surface area contributed by atoms with Crippen LogP contribution in [-0.4, -0.2) is 51.9 Å². The molecular weight excluding hydrogens is 531 g/mol. The van der Waals surface area contributed by atoms with Crippen molar-refractivity contribution in [1.29, 1.82) is 0 Å². The lowest BCUT2D eigenvalue weighted by atomic mass is 10.0. The summed E-state index contributed by atoms with van der Waals surface area (Å²) in [5.74, 6) is -0.550. The van der Waals surface area contributed by atoms with E-state index in [2.05, 4.69) is 4.98 Å². The number of alkyl halides is 3. The second kappa shape index (κ2) is 10.1. The summed E-state index contributed by atoms with van der Waals surface area (Å²) in [6.07, 6.45) is -4.68. The van der Waals surface area contributed by atoms with Gasteiger partial charge in [-0.3, -0.25) is 10.0 Å². The number of thioether (sulfide) groups is 1. The summed E-state index contributed by atoms with van der Waals surface area (Å²) in [4.78, 5) is 15.9. The van der Waals surface area contributed by atoms with Crippen LogP contribution in [0.5, 0.6) is 5.75 Å². The zero-order chi connectivity index (χ0) is 27.0. The van der Waals surface area contributed by atoms with Gasteiger partial charge < -0.3 is 4.74 Å². The van der Waals surface area contributed by atoms with Gasteiger partial charge in [-0.25, -0.2) is 18.9 Å². The summed E-state index contributed by atoms with van der Waals surface area (Å²) in [5.41, 5.74) is 0.772. The summed E-state index contributed by atoms with van der Waals surface area (Å²) in [5, 5.41) is 9.70. The zero-order valence-electron chi connectivity index (χ0n) is 19.8. The standard InChI is InChI=1S/C24H24F3N3O5S2/c1-23(2)21(22(31)29-32)30(11-12-36-23)37(33,34)19-10-6-5-9-18(19)35-14-15-13-20(24(25,26)27)28-17-8-4-3-7-16(15)17/h3-10,13,21,32H,11-12,14H2,1-2H3,(H,29,31). The predicted molar refractivity (Wildman–Crippen MR) is 132 cm³/mol. The smallest absolute Gasteiger partial charge is 0.433 e. The normalized spacial score (nSPS) is 18.5. The van der Waals surface area contributed by atoms with E-state index >= 15 is 0 Å². The molecule has 2 heterocycles. The lowest BCUT2D eigenvalue weighted by Gasteiger charge is -2.43. The Hall–Kier alpha value is -2.87. The maximum absolute atomic E-state index is 13.8. The Morgan fingerprint density at radius 1 is 1.22 bits per heavy atom. The Kier molecular flexibility index (Phi) is 7.43. The number of aromatic nitrogens is 1. The molecule has 1 saturated heterocycles. The molecule has 2 aromatic carbocycles. The van der Waals surface area contributed by atoms with Gasteiger partial charge in [0.1, 0.15) is 29.0 Å². The Balaban J connectivity index is 1.71. The van der Waals surface area contributed by atoms with Gasteiger partial charge in [0.25, 0.3) is 5.91 Å². The molecule has 1 unspecified atom stereocenters. The molecule has 0 aliphatic carbocycles. The largest absolute Gasteiger partial charge is 0.487 e. The first kappa shape index (κ1) is 27.2. The molecule has 4 rings (SSSR count). The van der Waals surface area contributed by atoms with Crippen LogP contribution in [0.1, 0.15) is 25.1 Å². The summed E-state index contributed by atoms with van der Waals surface area (Å²) >= 11 is 1.40. The van der Waals surface area contributed by atoms with Crippen molar-refractivity contribution in [3.8, 4) is 5.75 Å². The van der Waals surface area contributed by atoms with Crippen molar-refractivity contribution < 1.29 is 36.3 Å². The van der Waals surface area contributed by atoms with Crippen LogP contribution < -0.4 is 10.2 Å². The van der Waals surface area contributed by atoms with Crippen LogP contribution in [0.4, 0.5) is 13.2 Å². The molecule has 13 heteroatoms. The highest BCUT2D eigenvalue weighted by molar-refractivity contribution is 8.01. The van der Waals surface area contributed by atoms with Crippen LogP contribution in [-0.2, 0) is 27.6 Å². The van der Waals surface area contributed by atoms with E-state index in [0.717, 1.165) is 10.4 Å². The number of amides is 1. The molecule has 8 nitrogen and oxygen atoms in total. The number of rotatable bonds is 6. The minimum absolute atomic E-state index is 0.00673. The number of hydrogen-bond acceptors (Lipinski definition) is 7. The zero-order valence-corrected chi connectivity index (χ0v) is 21.5. The number of para-hydroxylation sites is 2. The van der Waals surface area contributed by atoms with Crippen LogP contribution in [0.25, 0.3) is 10.9 Å². The monoisotopic (exact) mass is 555 g/mol. The quantitative estimate of drug-likeness (QED) is 0.346. The SMILES string of the molecule is CC1(C)SCCN(S(=O)(=O)c2ccccc2OCc2cc(C(F)(F)F)nc3ccccc23)C1C(=O)NO. The van der Waals surface area contributed by atoms with Crippen LogP contribution in [0.3, 0.4) is 0 Å². The number of nitrogens with zero attached hydrogens (tertiary/aromatic N) is 2. The van der Waals surface area contributed by atoms with Gasteiger partial charge in [0, 0.05) is 28.0 Å². The molecule has 37 heavy (non-hydrogen) atoms. The van der Waals surface area contributed by atoms with Crippen molar-refractivity contribution in [1.82, 2.24) is 14.8 Å². The average molecular weight is 556 g/mol. The van der Waals surface area contributed by atoms with Crippen molar-refractivity contribution in [2.45, 2.75) is 42.3 Å². The minimum atomic E-state index is -4.68. The highest BCUT2D eigenvalue weighted by Crippen LogP contribution is 2.40. The van der Waals surface area contributed by atoms with Crippen molar-refractivity contribution in [3.63, 3.8) is 0 Å². The summed E-state index contributed by atoms with van der Waals surface area (Å²) in [6.45, 7) is 3.05. The van der Waals surface area contributed by atoms with Crippen LogP contribution in [0, 0.1) is 0 Å². The van der Waals surface area contributed by atoms with Crippen LogP contribution >= 0.6 is 11.8 Å². The molecule has 0 bridgehead atoms. The van der Waals surface area contributed by atoms with E-state index in [1.807, 2.05) is 0 Å². The molecule has 2 N–H and O–H groups in total. The van der Waals surface area contributed by atoms with Crippen molar-refractivity contribution in [2.24, 2.45) is 0 Å². The second-order valence-corrected chi connectivity index (χ2v) is 12.5. The molecular formula is C24H24F3N3O5S2. The number of benzene rings is 2. The van der Waals surface area contributed by atoms with Gasteiger partial charge in [0.2, 0.25) is 10.0 Å². The number of carbonyl (C=O) groups excluding carboxylic acids is 1. The third kappa shape index (κ3) is 5.40. The Morgan fingerprint density at radius 2 is 1.89 bits per heavy atom. The Labute approximate surface area is 215 Å². The number of ether oxygens (including phenoxy) is 1. The van der Waals surface area contributed by atoms with E-state index in [4.69, 9.17) is 4.74 Å². The lowest BCUT2D eigenvalue weighted by Crippen LogP contribution is -2.61. The maximum atomic E-state index is 13.8. The minimum Gasteiger partial charge on any atom is -0.487 e. The fourth-order valence-electron chi connectivity index (χ4n) is 4.30. The Morgan fingerprint density at radius 3 is 2.59 bits per heavy atom. The number of pyridine rings is 1. The van der Waals surface area contributed by atoms with E-state index in [0.29, 0.717) is 11.1 Å². The van der Waals surface area contributed by atoms with E-state index in [1.165, 1.54) is 42.1 Å². The molecule has 3 aromatic rings. The van der Waals surface area contributed by atoms with Gasteiger partial charge in [-0.2, -0.15) is 29.2 Å². The molecule has 1 amide bonds. The number of fused-ring (bicyclic) bond motifs is 1. The summed E-state index contributed by atoms with van der Waals surface area (Å²) < 4.78 is 73.8. The third-order valence-corrected chi connectivity index (χ3v) is 9.26. The van der Waals surface area contributed by atoms with Crippen molar-refractivity contribution in [3.05, 3.63) is 65.9 Å². The fraction of sp³-hybridized carbons (Fsp3) is 0.333. The molecule has 1 fully saturated rings. The van der Waals surface area contributed by atoms with Crippen LogP contribution in [0.2, 0.25) is 0 Å². The number of hydrogen-bond donors (Lipinski definition) is 2. The van der Waals surface area contributed by atoms with Gasteiger partial charge in [0.15, 0.2) is 0 Å². The van der Waals surface area contributed by atoms with Crippen molar-refractivity contribution in [2.75, 3.05) is 12.3 Å². The molecule has 1 aliphatic heterocycles. The molecule has 0 saturated carbocycles. The van der Waals surface area contributed by atoms with Crippen LogP contribution in [0.15, 0.2) is 59.5 Å². The third-order valence-electron chi connectivity index (χ3n) is 6.00. The lowest BCUT2D eigenvalue weighted by molar-refractivity contribution is -0.141. The molecule has 1 aromatic heterocycles. The number of carbonyl (C=O) groups is 1. The predicted octanol–water partition coefficient (Wildman–Crippen LogP) is 4.22. The number of nitrogens with one attached hydrogen (secondary N) is 1. The van der Waals surface area contributed by atoms with E-state index in [9.17, 15) is 31.6 Å². The van der Waals surface area contributed by atoms with Gasteiger partial charge in [-0.15, -0.1) is 0 Å². The first-order chi connectivity index (χ1) is 17.4. The molecule has 1 aliphatic rings.